The molecule has 0 saturated carbocycles. The van der Waals surface area contributed by atoms with Crippen LogP contribution < -0.4 is 15.7 Å². The van der Waals surface area contributed by atoms with Gasteiger partial charge < -0.3 is 10.1 Å². The van der Waals surface area contributed by atoms with Gasteiger partial charge in [0.1, 0.15) is 11.5 Å². The van der Waals surface area contributed by atoms with Crippen LogP contribution in [-0.4, -0.2) is 9.13 Å². The van der Waals surface area contributed by atoms with Crippen LogP contribution >= 0.6 is 0 Å². The highest BCUT2D eigenvalue weighted by atomic mass is 16.5. The lowest BCUT2D eigenvalue weighted by Crippen LogP contribution is -2.19. The van der Waals surface area contributed by atoms with Gasteiger partial charge in [0.15, 0.2) is 0 Å². The van der Waals surface area contributed by atoms with E-state index < -0.39 is 0 Å². The number of nitrogens with one attached hydrogen (secondary N) is 1. The predicted molar refractivity (Wildman–Crippen MR) is 122 cm³/mol. The summed E-state index contributed by atoms with van der Waals surface area (Å²) in [4.78, 5) is 12.2. The Labute approximate surface area is 176 Å². The summed E-state index contributed by atoms with van der Waals surface area (Å²) >= 11 is 0. The molecule has 1 atom stereocenters. The van der Waals surface area contributed by atoms with E-state index in [0.717, 1.165) is 41.1 Å². The van der Waals surface area contributed by atoms with Crippen LogP contribution in [-0.2, 0) is 14.1 Å². The molecule has 0 radical (unpaired) electrons. The van der Waals surface area contributed by atoms with Gasteiger partial charge in [-0.25, -0.2) is 4.79 Å². The molecule has 1 heterocycles. The predicted octanol–water partition coefficient (Wildman–Crippen LogP) is 5.62. The van der Waals surface area contributed by atoms with Crippen LogP contribution in [0.15, 0.2) is 77.6 Å². The van der Waals surface area contributed by atoms with E-state index in [1.807, 2.05) is 67.7 Å². The molecule has 0 bridgehead atoms. The average molecular weight is 402 g/mol. The maximum Gasteiger partial charge on any atom is 0.328 e. The van der Waals surface area contributed by atoms with E-state index in [0.29, 0.717) is 0 Å². The minimum atomic E-state index is -0.0127. The van der Waals surface area contributed by atoms with Gasteiger partial charge in [0.05, 0.1) is 17.1 Å². The number of aryl methyl sites for hydroxylation is 2. The van der Waals surface area contributed by atoms with Crippen molar-refractivity contribution < 1.29 is 4.74 Å². The summed E-state index contributed by atoms with van der Waals surface area (Å²) in [6, 6.07) is 24.3. The molecule has 3 aromatic carbocycles. The zero-order chi connectivity index (χ0) is 21.1. The Kier molecular flexibility index (Phi) is 5.61. The Bertz CT molecular complexity index is 1190. The molecule has 0 aliphatic carbocycles. The summed E-state index contributed by atoms with van der Waals surface area (Å²) < 4.78 is 9.27. The number of benzene rings is 3. The molecule has 0 aliphatic rings. The minimum absolute atomic E-state index is 0.0127. The molecule has 0 aliphatic heterocycles. The molecular formula is C25H27N3O2. The van der Waals surface area contributed by atoms with Gasteiger partial charge in [0.25, 0.3) is 0 Å². The van der Waals surface area contributed by atoms with Crippen LogP contribution in [0.1, 0.15) is 31.4 Å². The lowest BCUT2D eigenvalue weighted by Gasteiger charge is -2.20. The highest BCUT2D eigenvalue weighted by Gasteiger charge is 2.13. The number of fused-ring (bicyclic) bond motifs is 1. The summed E-state index contributed by atoms with van der Waals surface area (Å²) in [5, 5.41) is 3.65. The van der Waals surface area contributed by atoms with E-state index in [4.69, 9.17) is 4.74 Å². The fourth-order valence-electron chi connectivity index (χ4n) is 3.80. The number of nitrogens with zero attached hydrogens (tertiary/aromatic N) is 2. The first-order chi connectivity index (χ1) is 14.6. The van der Waals surface area contributed by atoms with Crippen LogP contribution in [0.3, 0.4) is 0 Å². The molecule has 154 valence electrons. The van der Waals surface area contributed by atoms with E-state index in [1.165, 1.54) is 5.56 Å². The van der Waals surface area contributed by atoms with Gasteiger partial charge in [0, 0.05) is 19.8 Å². The third kappa shape index (κ3) is 3.96. The number of hydrogen-bond donors (Lipinski definition) is 1. The molecule has 1 unspecified atom stereocenters. The molecule has 0 saturated heterocycles. The molecule has 4 rings (SSSR count). The third-order valence-electron chi connectivity index (χ3n) is 5.45. The fourth-order valence-corrected chi connectivity index (χ4v) is 3.80. The van der Waals surface area contributed by atoms with Gasteiger partial charge in [-0.3, -0.25) is 9.13 Å². The van der Waals surface area contributed by atoms with Gasteiger partial charge in [-0.1, -0.05) is 43.7 Å². The Balaban J connectivity index is 1.56. The van der Waals surface area contributed by atoms with E-state index in [-0.39, 0.29) is 11.7 Å². The quantitative estimate of drug-likeness (QED) is 0.437. The summed E-state index contributed by atoms with van der Waals surface area (Å²) in [7, 11) is 3.61. The minimum Gasteiger partial charge on any atom is -0.457 e. The molecular weight excluding hydrogens is 374 g/mol. The van der Waals surface area contributed by atoms with Crippen molar-refractivity contribution in [3.63, 3.8) is 0 Å². The third-order valence-corrected chi connectivity index (χ3v) is 5.45. The van der Waals surface area contributed by atoms with Gasteiger partial charge in [0.2, 0.25) is 0 Å². The maximum atomic E-state index is 12.2. The first-order valence-electron chi connectivity index (χ1n) is 10.3. The van der Waals surface area contributed by atoms with E-state index in [2.05, 4.69) is 24.4 Å². The van der Waals surface area contributed by atoms with Crippen molar-refractivity contribution in [2.24, 2.45) is 14.1 Å². The van der Waals surface area contributed by atoms with Crippen molar-refractivity contribution in [1.29, 1.82) is 0 Å². The largest absolute Gasteiger partial charge is 0.457 e. The normalized spacial score (nSPS) is 12.1. The lowest BCUT2D eigenvalue weighted by molar-refractivity contribution is 0.482. The second-order valence-corrected chi connectivity index (χ2v) is 7.57. The van der Waals surface area contributed by atoms with Crippen molar-refractivity contribution in [2.45, 2.75) is 25.8 Å². The second-order valence-electron chi connectivity index (χ2n) is 7.57. The SMILES string of the molecule is CCCC(Nc1ccc2c(c1)n(C)c(=O)n2C)c1ccc(Oc2ccccc2)cc1. The Hall–Kier alpha value is -3.47. The van der Waals surface area contributed by atoms with Crippen molar-refractivity contribution in [3.8, 4) is 11.5 Å². The van der Waals surface area contributed by atoms with Crippen molar-refractivity contribution in [1.82, 2.24) is 9.13 Å². The molecule has 1 aromatic heterocycles. The average Bonchev–Trinajstić information content (AvgIpc) is 2.98. The topological polar surface area (TPSA) is 48.2 Å². The standard InChI is InChI=1S/C25H27N3O2/c1-4-8-22(18-11-14-21(15-12-18)30-20-9-6-5-7-10-20)26-19-13-16-23-24(17-19)28(3)25(29)27(23)2/h5-7,9-17,22,26H,4,8H2,1-3H3. The highest BCUT2D eigenvalue weighted by Crippen LogP contribution is 2.28. The van der Waals surface area contributed by atoms with Gasteiger partial charge >= 0.3 is 5.69 Å². The van der Waals surface area contributed by atoms with Gasteiger partial charge in [-0.15, -0.1) is 0 Å². The Morgan fingerprint density at radius 2 is 1.53 bits per heavy atom. The Morgan fingerprint density at radius 3 is 2.23 bits per heavy atom. The second kappa shape index (κ2) is 8.49. The summed E-state index contributed by atoms with van der Waals surface area (Å²) in [5.74, 6) is 1.65. The number of anilines is 1. The first-order valence-corrected chi connectivity index (χ1v) is 10.3. The first kappa shape index (κ1) is 19.8. The Morgan fingerprint density at radius 1 is 0.867 bits per heavy atom. The van der Waals surface area contributed by atoms with E-state index in [1.54, 1.807) is 16.2 Å². The smallest absolute Gasteiger partial charge is 0.328 e. The lowest BCUT2D eigenvalue weighted by atomic mass is 10.0. The summed E-state index contributed by atoms with van der Waals surface area (Å²) in [6.45, 7) is 2.19. The molecule has 4 aromatic rings. The van der Waals surface area contributed by atoms with Gasteiger partial charge in [-0.05, 0) is 54.4 Å². The summed E-state index contributed by atoms with van der Waals surface area (Å²) in [6.07, 6.45) is 2.07. The van der Waals surface area contributed by atoms with Crippen LogP contribution in [0.2, 0.25) is 0 Å². The number of hydrogen-bond acceptors (Lipinski definition) is 3. The van der Waals surface area contributed by atoms with E-state index in [9.17, 15) is 4.79 Å². The van der Waals surface area contributed by atoms with Crippen molar-refractivity contribution in [3.05, 3.63) is 88.8 Å². The maximum absolute atomic E-state index is 12.2. The monoisotopic (exact) mass is 401 g/mol. The fraction of sp³-hybridized carbons (Fsp3) is 0.240. The number of aromatic nitrogens is 2. The van der Waals surface area contributed by atoms with Crippen LogP contribution in [0.25, 0.3) is 11.0 Å². The van der Waals surface area contributed by atoms with Crippen LogP contribution in [0.4, 0.5) is 5.69 Å². The van der Waals surface area contributed by atoms with E-state index >= 15 is 0 Å². The molecule has 30 heavy (non-hydrogen) atoms. The summed E-state index contributed by atoms with van der Waals surface area (Å²) in [5.41, 5.74) is 4.06. The molecule has 0 spiro atoms. The molecule has 0 fully saturated rings. The molecule has 5 heteroatoms. The number of para-hydroxylation sites is 1. The van der Waals surface area contributed by atoms with Crippen molar-refractivity contribution in [2.75, 3.05) is 5.32 Å². The molecule has 1 N–H and O–H groups in total. The highest BCUT2D eigenvalue weighted by molar-refractivity contribution is 5.80. The molecule has 0 amide bonds. The van der Waals surface area contributed by atoms with Gasteiger partial charge in [-0.2, -0.15) is 0 Å². The number of rotatable bonds is 7. The number of ether oxygens (including phenoxy) is 1. The number of imidazole rings is 1. The van der Waals surface area contributed by atoms with Crippen molar-refractivity contribution >= 4 is 16.7 Å². The zero-order valence-corrected chi connectivity index (χ0v) is 17.6. The zero-order valence-electron chi connectivity index (χ0n) is 17.6. The van der Waals surface area contributed by atoms with Crippen LogP contribution in [0.5, 0.6) is 11.5 Å². The molecule has 5 nitrogen and oxygen atoms in total. The van der Waals surface area contributed by atoms with Crippen LogP contribution in [0, 0.1) is 0 Å².